The van der Waals surface area contributed by atoms with Crippen LogP contribution in [0.15, 0.2) is 24.7 Å². The zero-order valence-corrected chi connectivity index (χ0v) is 10.5. The number of aromatic carboxylic acids is 1. The predicted octanol–water partition coefficient (Wildman–Crippen LogP) is 1.88. The molecule has 0 bridgehead atoms. The fraction of sp³-hybridized carbons (Fsp3) is 0.100. The maximum Gasteiger partial charge on any atom is 0.337 e. The molecule has 82 valence electrons. The van der Waals surface area contributed by atoms with Crippen LogP contribution in [0.25, 0.3) is 5.82 Å². The van der Waals surface area contributed by atoms with Crippen LogP contribution < -0.4 is 0 Å². The van der Waals surface area contributed by atoms with E-state index in [1.807, 2.05) is 13.1 Å². The van der Waals surface area contributed by atoms with Crippen molar-refractivity contribution in [2.45, 2.75) is 6.92 Å². The van der Waals surface area contributed by atoms with E-state index in [1.165, 1.54) is 6.20 Å². The number of aromatic nitrogens is 3. The summed E-state index contributed by atoms with van der Waals surface area (Å²) in [5, 5.41) is 12.9. The van der Waals surface area contributed by atoms with E-state index < -0.39 is 5.97 Å². The van der Waals surface area contributed by atoms with Gasteiger partial charge in [-0.15, -0.1) is 0 Å². The Morgan fingerprint density at radius 1 is 1.50 bits per heavy atom. The number of hydrogen-bond acceptors (Lipinski definition) is 3. The first-order chi connectivity index (χ1) is 7.58. The van der Waals surface area contributed by atoms with E-state index >= 15 is 0 Å². The Balaban J connectivity index is 2.47. The average Bonchev–Trinajstić information content (AvgIpc) is 2.64. The Hall–Kier alpha value is -1.44. The standard InChI is InChI=1S/C10H8IN3O2/c1-6-2-7(10(15)16)3-12-9(6)14-5-8(11)4-13-14/h2-5H,1H3,(H,15,16). The third kappa shape index (κ3) is 2.06. The Labute approximate surface area is 105 Å². The molecule has 0 atom stereocenters. The van der Waals surface area contributed by atoms with Crippen molar-refractivity contribution < 1.29 is 9.90 Å². The van der Waals surface area contributed by atoms with E-state index in [9.17, 15) is 4.79 Å². The van der Waals surface area contributed by atoms with Crippen molar-refractivity contribution in [1.82, 2.24) is 14.8 Å². The topological polar surface area (TPSA) is 68.0 Å². The molecule has 0 fully saturated rings. The lowest BCUT2D eigenvalue weighted by atomic mass is 10.2. The molecular formula is C10H8IN3O2. The molecule has 1 N–H and O–H groups in total. The molecule has 2 heterocycles. The molecule has 0 saturated carbocycles. The first-order valence-corrected chi connectivity index (χ1v) is 5.56. The summed E-state index contributed by atoms with van der Waals surface area (Å²) in [6.07, 6.45) is 4.88. The van der Waals surface area contributed by atoms with Crippen molar-refractivity contribution in [1.29, 1.82) is 0 Å². The first kappa shape index (κ1) is 11.1. The lowest BCUT2D eigenvalue weighted by molar-refractivity contribution is 0.0696. The van der Waals surface area contributed by atoms with Crippen molar-refractivity contribution >= 4 is 28.6 Å². The number of pyridine rings is 1. The smallest absolute Gasteiger partial charge is 0.337 e. The second kappa shape index (κ2) is 4.20. The fourth-order valence-electron chi connectivity index (χ4n) is 1.34. The number of halogens is 1. The molecule has 0 spiro atoms. The normalized spacial score (nSPS) is 10.4. The second-order valence-electron chi connectivity index (χ2n) is 3.27. The highest BCUT2D eigenvalue weighted by Gasteiger charge is 2.09. The Bertz CT molecular complexity index is 551. The summed E-state index contributed by atoms with van der Waals surface area (Å²) in [5.74, 6) is -0.329. The largest absolute Gasteiger partial charge is 0.478 e. The molecule has 0 aromatic carbocycles. The molecule has 6 heteroatoms. The highest BCUT2D eigenvalue weighted by atomic mass is 127. The number of rotatable bonds is 2. The van der Waals surface area contributed by atoms with Crippen LogP contribution in [0.3, 0.4) is 0 Å². The van der Waals surface area contributed by atoms with Crippen LogP contribution in [0.5, 0.6) is 0 Å². The van der Waals surface area contributed by atoms with E-state index in [4.69, 9.17) is 5.11 Å². The minimum Gasteiger partial charge on any atom is -0.478 e. The Morgan fingerprint density at radius 3 is 2.75 bits per heavy atom. The number of carboxylic acid groups (broad SMARTS) is 1. The minimum atomic E-state index is -0.975. The van der Waals surface area contributed by atoms with Gasteiger partial charge in [-0.05, 0) is 41.1 Å². The number of carboxylic acids is 1. The van der Waals surface area contributed by atoms with Gasteiger partial charge >= 0.3 is 5.97 Å². The van der Waals surface area contributed by atoms with Gasteiger partial charge < -0.3 is 5.11 Å². The van der Waals surface area contributed by atoms with Crippen LogP contribution in [0.2, 0.25) is 0 Å². The van der Waals surface area contributed by atoms with E-state index in [0.29, 0.717) is 5.82 Å². The van der Waals surface area contributed by atoms with Crippen LogP contribution in [0.4, 0.5) is 0 Å². The quantitative estimate of drug-likeness (QED) is 0.855. The zero-order valence-electron chi connectivity index (χ0n) is 8.38. The van der Waals surface area contributed by atoms with Crippen LogP contribution in [0, 0.1) is 10.5 Å². The molecule has 0 aliphatic rings. The van der Waals surface area contributed by atoms with Crippen LogP contribution >= 0.6 is 22.6 Å². The molecule has 0 unspecified atom stereocenters. The van der Waals surface area contributed by atoms with Crippen molar-refractivity contribution in [2.75, 3.05) is 0 Å². The summed E-state index contributed by atoms with van der Waals surface area (Å²) in [6.45, 7) is 1.81. The van der Waals surface area contributed by atoms with Gasteiger partial charge in [0.1, 0.15) is 0 Å². The van der Waals surface area contributed by atoms with E-state index in [0.717, 1.165) is 9.13 Å². The number of aryl methyl sites for hydroxylation is 1. The fourth-order valence-corrected chi connectivity index (χ4v) is 1.73. The molecule has 2 rings (SSSR count). The SMILES string of the molecule is Cc1cc(C(=O)O)cnc1-n1cc(I)cn1. The van der Waals surface area contributed by atoms with Gasteiger partial charge in [0.25, 0.3) is 0 Å². The monoisotopic (exact) mass is 329 g/mol. The van der Waals surface area contributed by atoms with Gasteiger partial charge in [0.2, 0.25) is 0 Å². The summed E-state index contributed by atoms with van der Waals surface area (Å²) in [7, 11) is 0. The van der Waals surface area contributed by atoms with Crippen LogP contribution in [0.1, 0.15) is 15.9 Å². The highest BCUT2D eigenvalue weighted by molar-refractivity contribution is 14.1. The average molecular weight is 329 g/mol. The zero-order chi connectivity index (χ0) is 11.7. The summed E-state index contributed by atoms with van der Waals surface area (Å²) < 4.78 is 2.63. The predicted molar refractivity (Wildman–Crippen MR) is 65.8 cm³/mol. The second-order valence-corrected chi connectivity index (χ2v) is 4.52. The van der Waals surface area contributed by atoms with Gasteiger partial charge in [-0.25, -0.2) is 14.5 Å². The van der Waals surface area contributed by atoms with Gasteiger partial charge in [0.05, 0.1) is 15.3 Å². The molecule has 5 nitrogen and oxygen atoms in total. The van der Waals surface area contributed by atoms with Crippen molar-refractivity contribution in [3.05, 3.63) is 39.4 Å². The maximum atomic E-state index is 10.7. The lowest BCUT2D eigenvalue weighted by Crippen LogP contribution is -2.04. The molecule has 0 amide bonds. The molecule has 0 saturated heterocycles. The molecule has 2 aromatic rings. The van der Waals surface area contributed by atoms with Crippen LogP contribution in [-0.4, -0.2) is 25.8 Å². The number of hydrogen-bond donors (Lipinski definition) is 1. The highest BCUT2D eigenvalue weighted by Crippen LogP contribution is 2.13. The van der Waals surface area contributed by atoms with Gasteiger partial charge in [-0.2, -0.15) is 5.10 Å². The summed E-state index contributed by atoms with van der Waals surface area (Å²) in [6, 6.07) is 1.58. The summed E-state index contributed by atoms with van der Waals surface area (Å²) in [5.41, 5.74) is 0.961. The molecule has 0 aliphatic heterocycles. The van der Waals surface area contributed by atoms with E-state index in [2.05, 4.69) is 32.7 Å². The molecule has 2 aromatic heterocycles. The van der Waals surface area contributed by atoms with Crippen molar-refractivity contribution in [3.8, 4) is 5.82 Å². The first-order valence-electron chi connectivity index (χ1n) is 4.48. The van der Waals surface area contributed by atoms with Gasteiger partial charge in [0, 0.05) is 12.4 Å². The van der Waals surface area contributed by atoms with Gasteiger partial charge in [-0.3, -0.25) is 0 Å². The molecule has 0 aliphatic carbocycles. The van der Waals surface area contributed by atoms with Crippen LogP contribution in [-0.2, 0) is 0 Å². The van der Waals surface area contributed by atoms with Gasteiger partial charge in [-0.1, -0.05) is 0 Å². The van der Waals surface area contributed by atoms with E-state index in [-0.39, 0.29) is 5.56 Å². The van der Waals surface area contributed by atoms with Crippen molar-refractivity contribution in [2.24, 2.45) is 0 Å². The Morgan fingerprint density at radius 2 is 2.25 bits per heavy atom. The number of carbonyl (C=O) groups is 1. The molecule has 16 heavy (non-hydrogen) atoms. The Kier molecular flexibility index (Phi) is 2.90. The number of nitrogens with zero attached hydrogens (tertiary/aromatic N) is 3. The maximum absolute atomic E-state index is 10.7. The summed E-state index contributed by atoms with van der Waals surface area (Å²) >= 11 is 2.15. The summed E-state index contributed by atoms with van der Waals surface area (Å²) in [4.78, 5) is 14.8. The lowest BCUT2D eigenvalue weighted by Gasteiger charge is -2.04. The van der Waals surface area contributed by atoms with E-state index in [1.54, 1.807) is 16.9 Å². The molecule has 0 radical (unpaired) electrons. The van der Waals surface area contributed by atoms with Crippen molar-refractivity contribution in [3.63, 3.8) is 0 Å². The third-order valence-electron chi connectivity index (χ3n) is 2.07. The van der Waals surface area contributed by atoms with Gasteiger partial charge in [0.15, 0.2) is 5.82 Å². The molecular weight excluding hydrogens is 321 g/mol. The minimum absolute atomic E-state index is 0.183. The third-order valence-corrected chi connectivity index (χ3v) is 2.62.